The molecule has 0 saturated carbocycles. The Bertz CT molecular complexity index is 1020. The summed E-state index contributed by atoms with van der Waals surface area (Å²) in [5, 5.41) is 0. The first-order chi connectivity index (χ1) is 16.5. The van der Waals surface area contributed by atoms with Crippen LogP contribution in [0.25, 0.3) is 0 Å². The Kier molecular flexibility index (Phi) is 10.3. The molecule has 3 rings (SSSR count). The van der Waals surface area contributed by atoms with Crippen LogP contribution in [0.3, 0.4) is 0 Å². The van der Waals surface area contributed by atoms with Crippen LogP contribution in [-0.2, 0) is 26.4 Å². The molecule has 1 aromatic heterocycles. The zero-order chi connectivity index (χ0) is 26.1. The summed E-state index contributed by atoms with van der Waals surface area (Å²) in [6, 6.07) is 23.5. The summed E-state index contributed by atoms with van der Waals surface area (Å²) in [6.07, 6.45) is 0. The van der Waals surface area contributed by atoms with E-state index in [9.17, 15) is 4.79 Å². The molecule has 0 aliphatic rings. The van der Waals surface area contributed by atoms with Crippen LogP contribution < -0.4 is 23.2 Å². The van der Waals surface area contributed by atoms with Crippen molar-refractivity contribution in [2.45, 2.75) is 39.8 Å². The molecule has 35 heavy (non-hydrogen) atoms. The maximum absolute atomic E-state index is 13.3. The van der Waals surface area contributed by atoms with Gasteiger partial charge in [-0.1, -0.05) is 60.7 Å². The molecule has 0 aliphatic carbocycles. The van der Waals surface area contributed by atoms with Gasteiger partial charge in [-0.3, -0.25) is 0 Å². The van der Waals surface area contributed by atoms with Gasteiger partial charge in [0.1, 0.15) is 6.61 Å². The normalized spacial score (nSPS) is 11.4. The summed E-state index contributed by atoms with van der Waals surface area (Å²) < 4.78 is 48.2. The number of carbonyl (C=O) groups is 1. The van der Waals surface area contributed by atoms with Gasteiger partial charge in [0, 0.05) is 26.0 Å². The lowest BCUT2D eigenvalue weighted by atomic mass is 9.86. The number of carbonyl (C=O) groups excluding carboxylic acids is 1. The molecule has 0 unspecified atom stereocenters. The summed E-state index contributed by atoms with van der Waals surface area (Å²) in [7, 11) is -4.94. The molecule has 0 N–H and O–H groups in total. The fraction of sp³-hybridized carbons (Fsp3) is 0.308. The van der Waals surface area contributed by atoms with Crippen LogP contribution in [0.4, 0.5) is 0 Å². The number of ether oxygens (including phenoxy) is 2. The number of hydrogen-bond donors (Lipinski definition) is 0. The van der Waals surface area contributed by atoms with E-state index >= 15 is 0 Å². The van der Waals surface area contributed by atoms with Crippen molar-refractivity contribution in [1.82, 2.24) is 0 Å². The molecule has 1 heterocycles. The number of aryl methyl sites for hydroxylation is 3. The van der Waals surface area contributed by atoms with Crippen molar-refractivity contribution in [3.63, 3.8) is 0 Å². The largest absolute Gasteiger partial charge is 0.463 e. The molecule has 0 saturated heterocycles. The van der Waals surface area contributed by atoms with Crippen molar-refractivity contribution < 1.29 is 47.7 Å². The van der Waals surface area contributed by atoms with Crippen molar-refractivity contribution in [3.8, 4) is 0 Å². The van der Waals surface area contributed by atoms with Crippen molar-refractivity contribution in [2.24, 2.45) is 0 Å². The standard InChI is InChI=1S/C26H30NO3.ClHO4/c1-5-29-25(28)26(23-12-8-6-9-13-23,24-14-10-7-11-15-24)30-17-16-27-21(3)18-20(2)19-22(27)4;2-1(3,4)5/h6-15,18-19H,5,16-17H2,1-4H3;(H,2,3,4,5)/q+1;/p-1. The van der Waals surface area contributed by atoms with Crippen molar-refractivity contribution in [2.75, 3.05) is 13.2 Å². The van der Waals surface area contributed by atoms with Gasteiger partial charge in [-0.05, 0) is 30.5 Å². The minimum absolute atomic E-state index is 0.286. The van der Waals surface area contributed by atoms with Crippen LogP contribution in [0.2, 0.25) is 0 Å². The highest BCUT2D eigenvalue weighted by Crippen LogP contribution is 2.35. The third kappa shape index (κ3) is 8.10. The second-order valence-electron chi connectivity index (χ2n) is 7.83. The number of pyridine rings is 1. The zero-order valence-corrected chi connectivity index (χ0v) is 21.0. The van der Waals surface area contributed by atoms with E-state index in [1.54, 1.807) is 0 Å². The average Bonchev–Trinajstić information content (AvgIpc) is 2.78. The minimum Gasteiger partial charge on any atom is -0.463 e. The molecule has 8 nitrogen and oxygen atoms in total. The van der Waals surface area contributed by atoms with Crippen LogP contribution in [0.1, 0.15) is 35.0 Å². The fourth-order valence-corrected chi connectivity index (χ4v) is 3.98. The van der Waals surface area contributed by atoms with E-state index in [0.29, 0.717) is 13.2 Å². The predicted molar refractivity (Wildman–Crippen MR) is 117 cm³/mol. The van der Waals surface area contributed by atoms with Crippen LogP contribution in [0.15, 0.2) is 72.8 Å². The molecule has 0 atom stereocenters. The molecule has 0 fully saturated rings. The van der Waals surface area contributed by atoms with Gasteiger partial charge in [0.2, 0.25) is 5.60 Å². The van der Waals surface area contributed by atoms with Gasteiger partial charge in [-0.15, -0.1) is 10.2 Å². The SMILES string of the molecule is CCOC(=O)C(OCC[n+]1c(C)cc(C)cc1C)(c1ccccc1)c1ccccc1.[O-][Cl+3]([O-])([O-])[O-]. The Morgan fingerprint density at radius 2 is 1.29 bits per heavy atom. The lowest BCUT2D eigenvalue weighted by Crippen LogP contribution is -2.68. The fourth-order valence-electron chi connectivity index (χ4n) is 3.98. The number of rotatable bonds is 8. The van der Waals surface area contributed by atoms with E-state index in [4.69, 9.17) is 28.1 Å². The molecular weight excluding hydrogens is 474 g/mol. The molecule has 0 amide bonds. The Balaban J connectivity index is 0.000000784. The molecular formula is C26H30ClNO7. The summed E-state index contributed by atoms with van der Waals surface area (Å²) in [6.45, 7) is 9.37. The van der Waals surface area contributed by atoms with E-state index in [2.05, 4.69) is 37.5 Å². The summed E-state index contributed by atoms with van der Waals surface area (Å²) in [5.41, 5.74) is 3.77. The van der Waals surface area contributed by atoms with Crippen LogP contribution in [-0.4, -0.2) is 19.2 Å². The lowest BCUT2D eigenvalue weighted by Gasteiger charge is -2.32. The minimum atomic E-state index is -4.94. The maximum atomic E-state index is 13.3. The molecule has 9 heteroatoms. The predicted octanol–water partition coefficient (Wildman–Crippen LogP) is -0.333. The summed E-state index contributed by atoms with van der Waals surface area (Å²) in [4.78, 5) is 13.3. The molecule has 0 bridgehead atoms. The number of halogens is 1. The van der Waals surface area contributed by atoms with E-state index < -0.39 is 21.8 Å². The summed E-state index contributed by atoms with van der Waals surface area (Å²) >= 11 is 0. The van der Waals surface area contributed by atoms with Crippen molar-refractivity contribution >= 4 is 5.97 Å². The zero-order valence-electron chi connectivity index (χ0n) is 20.2. The Morgan fingerprint density at radius 3 is 1.69 bits per heavy atom. The second kappa shape index (κ2) is 12.7. The Morgan fingerprint density at radius 1 is 0.857 bits per heavy atom. The van der Waals surface area contributed by atoms with Crippen LogP contribution in [0.5, 0.6) is 0 Å². The lowest BCUT2D eigenvalue weighted by molar-refractivity contribution is -2.00. The van der Waals surface area contributed by atoms with Gasteiger partial charge in [0.25, 0.3) is 0 Å². The number of hydrogen-bond acceptors (Lipinski definition) is 7. The Hall–Kier alpha value is -2.85. The number of benzene rings is 2. The number of nitrogens with zero attached hydrogens (tertiary/aromatic N) is 1. The van der Waals surface area contributed by atoms with Crippen LogP contribution >= 0.6 is 0 Å². The number of aromatic nitrogens is 1. The molecule has 2 aromatic carbocycles. The van der Waals surface area contributed by atoms with Gasteiger partial charge in [-0.2, -0.15) is 4.57 Å². The van der Waals surface area contributed by atoms with Gasteiger partial charge in [0.15, 0.2) is 17.9 Å². The van der Waals surface area contributed by atoms with E-state index in [1.165, 1.54) is 5.56 Å². The molecule has 0 radical (unpaired) electrons. The molecule has 0 spiro atoms. The highest BCUT2D eigenvalue weighted by atomic mass is 35.7. The molecule has 3 aromatic rings. The summed E-state index contributed by atoms with van der Waals surface area (Å²) in [5.74, 6) is -0.398. The maximum Gasteiger partial charge on any atom is 0.347 e. The third-order valence-electron chi connectivity index (χ3n) is 5.28. The first kappa shape index (κ1) is 28.4. The van der Waals surface area contributed by atoms with Gasteiger partial charge >= 0.3 is 5.97 Å². The average molecular weight is 504 g/mol. The van der Waals surface area contributed by atoms with E-state index in [-0.39, 0.29) is 6.61 Å². The number of esters is 1. The monoisotopic (exact) mass is 503 g/mol. The van der Waals surface area contributed by atoms with Crippen LogP contribution in [0, 0.1) is 31.0 Å². The smallest absolute Gasteiger partial charge is 0.347 e. The topological polar surface area (TPSA) is 132 Å². The molecule has 188 valence electrons. The van der Waals surface area contributed by atoms with Gasteiger partial charge < -0.3 is 9.47 Å². The second-order valence-corrected chi connectivity index (χ2v) is 8.58. The molecule has 0 aliphatic heterocycles. The highest BCUT2D eigenvalue weighted by molar-refractivity contribution is 5.85. The van der Waals surface area contributed by atoms with Crippen molar-refractivity contribution in [3.05, 3.63) is 101 Å². The van der Waals surface area contributed by atoms with Gasteiger partial charge in [0.05, 0.1) is 6.61 Å². The highest BCUT2D eigenvalue weighted by Gasteiger charge is 2.45. The Labute approximate surface area is 207 Å². The quantitative estimate of drug-likeness (QED) is 0.303. The van der Waals surface area contributed by atoms with E-state index in [0.717, 1.165) is 22.5 Å². The van der Waals surface area contributed by atoms with Gasteiger partial charge in [-0.25, -0.2) is 23.4 Å². The third-order valence-corrected chi connectivity index (χ3v) is 5.28. The van der Waals surface area contributed by atoms with E-state index in [1.807, 2.05) is 67.6 Å². The first-order valence-corrected chi connectivity index (χ1v) is 12.2. The first-order valence-electron chi connectivity index (χ1n) is 11.0. The van der Waals surface area contributed by atoms with Crippen molar-refractivity contribution in [1.29, 1.82) is 0 Å².